The summed E-state index contributed by atoms with van der Waals surface area (Å²) in [5, 5.41) is 0. The van der Waals surface area contributed by atoms with E-state index in [-0.39, 0.29) is 5.41 Å². The standard InChI is InChI=1S/C32H38OS/c1-3-32(2,30-16-8-5-9-17-30)20-21-33-22-23-34-31-19-18-27-14-10-11-15-28(24-29(27)25-31)26-12-6-4-7-13-26/h4-9,12-13,16-19,24-25H,3,10-11,14-15,20-23H2,1-2H3/b28-24+. The van der Waals surface area contributed by atoms with Crippen LogP contribution >= 0.6 is 11.8 Å². The quantitative estimate of drug-likeness (QED) is 0.216. The summed E-state index contributed by atoms with van der Waals surface area (Å²) in [7, 11) is 0. The Bertz CT molecular complexity index is 1060. The fourth-order valence-electron chi connectivity index (χ4n) is 4.78. The summed E-state index contributed by atoms with van der Waals surface area (Å²) in [6.45, 7) is 6.24. The van der Waals surface area contributed by atoms with Gasteiger partial charge in [0, 0.05) is 17.3 Å². The zero-order valence-corrected chi connectivity index (χ0v) is 21.6. The molecule has 34 heavy (non-hydrogen) atoms. The minimum Gasteiger partial charge on any atom is -0.381 e. The Morgan fingerprint density at radius 1 is 0.853 bits per heavy atom. The molecule has 1 nitrogen and oxygen atoms in total. The number of aryl methyl sites for hydroxylation is 1. The van der Waals surface area contributed by atoms with E-state index in [4.69, 9.17) is 4.74 Å². The number of thioether (sulfide) groups is 1. The molecule has 0 heterocycles. The first-order valence-electron chi connectivity index (χ1n) is 12.8. The van der Waals surface area contributed by atoms with Crippen molar-refractivity contribution >= 4 is 23.4 Å². The largest absolute Gasteiger partial charge is 0.381 e. The molecule has 0 bridgehead atoms. The van der Waals surface area contributed by atoms with Crippen molar-refractivity contribution < 1.29 is 4.74 Å². The molecular weight excluding hydrogens is 432 g/mol. The van der Waals surface area contributed by atoms with Crippen molar-refractivity contribution in [1.29, 1.82) is 0 Å². The van der Waals surface area contributed by atoms with Crippen LogP contribution in [-0.4, -0.2) is 19.0 Å². The lowest BCUT2D eigenvalue weighted by molar-refractivity contribution is 0.128. The van der Waals surface area contributed by atoms with Gasteiger partial charge >= 0.3 is 0 Å². The molecule has 0 aromatic heterocycles. The summed E-state index contributed by atoms with van der Waals surface area (Å²) in [5.41, 5.74) is 7.30. The van der Waals surface area contributed by atoms with Crippen LogP contribution in [0.5, 0.6) is 0 Å². The van der Waals surface area contributed by atoms with Crippen LogP contribution in [0.25, 0.3) is 11.6 Å². The van der Waals surface area contributed by atoms with Crippen molar-refractivity contribution in [3.63, 3.8) is 0 Å². The number of rotatable bonds is 10. The number of allylic oxidation sites excluding steroid dienone is 1. The van der Waals surface area contributed by atoms with E-state index in [9.17, 15) is 0 Å². The van der Waals surface area contributed by atoms with Gasteiger partial charge in [0.25, 0.3) is 0 Å². The van der Waals surface area contributed by atoms with Crippen molar-refractivity contribution in [3.8, 4) is 0 Å². The molecule has 1 aliphatic carbocycles. The van der Waals surface area contributed by atoms with Crippen molar-refractivity contribution in [1.82, 2.24) is 0 Å². The van der Waals surface area contributed by atoms with Crippen LogP contribution in [-0.2, 0) is 16.6 Å². The third-order valence-corrected chi connectivity index (χ3v) is 8.24. The highest BCUT2D eigenvalue weighted by molar-refractivity contribution is 7.99. The first-order valence-corrected chi connectivity index (χ1v) is 13.8. The lowest BCUT2D eigenvalue weighted by Gasteiger charge is -2.29. The predicted molar refractivity (Wildman–Crippen MR) is 149 cm³/mol. The van der Waals surface area contributed by atoms with Gasteiger partial charge in [-0.3, -0.25) is 0 Å². The van der Waals surface area contributed by atoms with E-state index in [1.54, 1.807) is 0 Å². The summed E-state index contributed by atoms with van der Waals surface area (Å²) in [4.78, 5) is 1.34. The van der Waals surface area contributed by atoms with Gasteiger partial charge in [0.2, 0.25) is 0 Å². The molecule has 0 amide bonds. The molecule has 2 heteroatoms. The van der Waals surface area contributed by atoms with E-state index in [2.05, 4.69) is 98.8 Å². The Morgan fingerprint density at radius 3 is 2.35 bits per heavy atom. The SMILES string of the molecule is CCC(C)(CCOCCSc1ccc2c(c1)/C=C(/c1ccccc1)CCCC2)c1ccccc1. The van der Waals surface area contributed by atoms with Crippen LogP contribution in [0.3, 0.4) is 0 Å². The van der Waals surface area contributed by atoms with Crippen LogP contribution in [0.1, 0.15) is 68.2 Å². The lowest BCUT2D eigenvalue weighted by Crippen LogP contribution is -2.23. The molecule has 1 atom stereocenters. The first kappa shape index (κ1) is 24.8. The van der Waals surface area contributed by atoms with Gasteiger partial charge in [-0.2, -0.15) is 0 Å². The molecule has 0 spiro atoms. The third kappa shape index (κ3) is 6.64. The van der Waals surface area contributed by atoms with E-state index in [1.165, 1.54) is 52.0 Å². The molecule has 0 fully saturated rings. The number of ether oxygens (including phenoxy) is 1. The molecule has 1 unspecified atom stereocenters. The summed E-state index contributed by atoms with van der Waals surface area (Å²) in [6.07, 6.45) is 9.48. The maximum atomic E-state index is 6.07. The molecule has 4 rings (SSSR count). The Kier molecular flexibility index (Phi) is 9.07. The Hall–Kier alpha value is -2.29. The normalized spacial score (nSPS) is 17.1. The van der Waals surface area contributed by atoms with Crippen molar-refractivity contribution in [3.05, 3.63) is 101 Å². The Labute approximate surface area is 210 Å². The second-order valence-corrected chi connectivity index (χ2v) is 10.8. The van der Waals surface area contributed by atoms with E-state index < -0.39 is 0 Å². The molecule has 0 N–H and O–H groups in total. The smallest absolute Gasteiger partial charge is 0.0560 e. The van der Waals surface area contributed by atoms with Crippen LogP contribution in [0, 0.1) is 0 Å². The van der Waals surface area contributed by atoms with E-state index in [0.29, 0.717) is 0 Å². The monoisotopic (exact) mass is 470 g/mol. The van der Waals surface area contributed by atoms with Crippen LogP contribution in [0.15, 0.2) is 83.8 Å². The molecule has 3 aromatic rings. The molecule has 1 aliphatic rings. The minimum absolute atomic E-state index is 0.187. The number of hydrogen-bond acceptors (Lipinski definition) is 2. The third-order valence-electron chi connectivity index (χ3n) is 7.28. The second-order valence-electron chi connectivity index (χ2n) is 9.59. The molecule has 0 aliphatic heterocycles. The highest BCUT2D eigenvalue weighted by atomic mass is 32.2. The minimum atomic E-state index is 0.187. The van der Waals surface area contributed by atoms with Gasteiger partial charge in [-0.05, 0) is 83.9 Å². The van der Waals surface area contributed by atoms with Crippen molar-refractivity contribution in [2.75, 3.05) is 19.0 Å². The molecule has 178 valence electrons. The molecule has 0 saturated heterocycles. The van der Waals surface area contributed by atoms with E-state index in [1.807, 2.05) is 11.8 Å². The van der Waals surface area contributed by atoms with Crippen LogP contribution < -0.4 is 0 Å². The first-order chi connectivity index (χ1) is 16.7. The predicted octanol–water partition coefficient (Wildman–Crippen LogP) is 8.82. The zero-order valence-electron chi connectivity index (χ0n) is 20.8. The van der Waals surface area contributed by atoms with Gasteiger partial charge in [-0.1, -0.05) is 86.7 Å². The van der Waals surface area contributed by atoms with Gasteiger partial charge < -0.3 is 4.74 Å². The van der Waals surface area contributed by atoms with Crippen LogP contribution in [0.4, 0.5) is 0 Å². The van der Waals surface area contributed by atoms with E-state index >= 15 is 0 Å². The zero-order chi connectivity index (χ0) is 23.6. The average molecular weight is 471 g/mol. The maximum Gasteiger partial charge on any atom is 0.0560 e. The van der Waals surface area contributed by atoms with Crippen molar-refractivity contribution in [2.24, 2.45) is 0 Å². The lowest BCUT2D eigenvalue weighted by atomic mass is 9.77. The molecule has 0 radical (unpaired) electrons. The van der Waals surface area contributed by atoms with E-state index in [0.717, 1.165) is 38.2 Å². The van der Waals surface area contributed by atoms with Crippen LogP contribution in [0.2, 0.25) is 0 Å². The topological polar surface area (TPSA) is 9.23 Å². The van der Waals surface area contributed by atoms with Gasteiger partial charge in [-0.15, -0.1) is 11.8 Å². The molecule has 0 saturated carbocycles. The summed E-state index contributed by atoms with van der Waals surface area (Å²) in [5.74, 6) is 0.988. The van der Waals surface area contributed by atoms with Crippen molar-refractivity contribution in [2.45, 2.75) is 62.7 Å². The van der Waals surface area contributed by atoms with Gasteiger partial charge in [-0.25, -0.2) is 0 Å². The van der Waals surface area contributed by atoms with Gasteiger partial charge in [0.15, 0.2) is 0 Å². The van der Waals surface area contributed by atoms with Gasteiger partial charge in [0.1, 0.15) is 0 Å². The molecular formula is C32H38OS. The number of fused-ring (bicyclic) bond motifs is 1. The number of benzene rings is 3. The summed E-state index contributed by atoms with van der Waals surface area (Å²) >= 11 is 1.91. The fraction of sp³-hybridized carbons (Fsp3) is 0.375. The highest BCUT2D eigenvalue weighted by Gasteiger charge is 2.23. The highest BCUT2D eigenvalue weighted by Crippen LogP contribution is 2.32. The number of hydrogen-bond donors (Lipinski definition) is 0. The summed E-state index contributed by atoms with van der Waals surface area (Å²) < 4.78 is 6.07. The Balaban J connectivity index is 1.31. The average Bonchev–Trinajstić information content (AvgIpc) is 2.87. The fourth-order valence-corrected chi connectivity index (χ4v) is 5.59. The Morgan fingerprint density at radius 2 is 1.59 bits per heavy atom. The summed E-state index contributed by atoms with van der Waals surface area (Å²) in [6, 6.07) is 28.8. The second kappa shape index (κ2) is 12.4. The maximum absolute atomic E-state index is 6.07. The van der Waals surface area contributed by atoms with Gasteiger partial charge in [0.05, 0.1) is 6.61 Å². The molecule has 3 aromatic carbocycles.